The summed E-state index contributed by atoms with van der Waals surface area (Å²) < 4.78 is 0.787. The molecule has 0 fully saturated rings. The van der Waals surface area contributed by atoms with Gasteiger partial charge in [0.1, 0.15) is 0 Å². The average Bonchev–Trinajstić information content (AvgIpc) is 2.83. The number of nitrogens with one attached hydrogen (secondary N) is 2. The Morgan fingerprint density at radius 1 is 1.26 bits per heavy atom. The van der Waals surface area contributed by atoms with E-state index in [0.29, 0.717) is 13.0 Å². The van der Waals surface area contributed by atoms with E-state index in [4.69, 9.17) is 11.6 Å². The summed E-state index contributed by atoms with van der Waals surface area (Å²) in [5, 5.41) is 5.98. The highest BCUT2D eigenvalue weighted by atomic mass is 35.5. The first-order chi connectivity index (χ1) is 9.19. The lowest BCUT2D eigenvalue weighted by Crippen LogP contribution is -2.20. The first-order valence-electron chi connectivity index (χ1n) is 5.95. The Labute approximate surface area is 121 Å². The Morgan fingerprint density at radius 2 is 2.05 bits per heavy atom. The van der Waals surface area contributed by atoms with Crippen LogP contribution in [0.2, 0.25) is 4.34 Å². The van der Waals surface area contributed by atoms with Gasteiger partial charge in [-0.25, -0.2) is 0 Å². The van der Waals surface area contributed by atoms with Crippen LogP contribution in [0.15, 0.2) is 36.4 Å². The SMILES string of the molecule is CNC(=O)Cc1ccccc1NCc1ccc(Cl)s1. The van der Waals surface area contributed by atoms with Crippen molar-refractivity contribution in [3.63, 3.8) is 0 Å². The molecule has 1 heterocycles. The Hall–Kier alpha value is -1.52. The zero-order valence-corrected chi connectivity index (χ0v) is 12.1. The third-order valence-corrected chi connectivity index (χ3v) is 3.96. The van der Waals surface area contributed by atoms with Crippen molar-refractivity contribution >= 4 is 34.5 Å². The lowest BCUT2D eigenvalue weighted by atomic mass is 10.1. The Balaban J connectivity index is 2.05. The van der Waals surface area contributed by atoms with Crippen LogP contribution in [-0.2, 0) is 17.8 Å². The smallest absolute Gasteiger partial charge is 0.224 e. The van der Waals surface area contributed by atoms with Crippen molar-refractivity contribution in [1.82, 2.24) is 5.32 Å². The van der Waals surface area contributed by atoms with Gasteiger partial charge in [-0.3, -0.25) is 4.79 Å². The van der Waals surface area contributed by atoms with Gasteiger partial charge in [0, 0.05) is 24.2 Å². The molecule has 1 aromatic carbocycles. The molecule has 0 atom stereocenters. The minimum absolute atomic E-state index is 0.00779. The highest BCUT2D eigenvalue weighted by Crippen LogP contribution is 2.23. The molecular weight excluding hydrogens is 280 g/mol. The zero-order chi connectivity index (χ0) is 13.7. The fourth-order valence-electron chi connectivity index (χ4n) is 1.74. The van der Waals surface area contributed by atoms with E-state index in [-0.39, 0.29) is 5.91 Å². The van der Waals surface area contributed by atoms with Gasteiger partial charge in [0.15, 0.2) is 0 Å². The molecule has 1 amide bonds. The molecule has 19 heavy (non-hydrogen) atoms. The van der Waals surface area contributed by atoms with Crippen molar-refractivity contribution in [2.45, 2.75) is 13.0 Å². The zero-order valence-electron chi connectivity index (χ0n) is 10.6. The lowest BCUT2D eigenvalue weighted by molar-refractivity contribution is -0.119. The summed E-state index contributed by atoms with van der Waals surface area (Å²) in [6, 6.07) is 11.7. The van der Waals surface area contributed by atoms with Crippen LogP contribution in [0, 0.1) is 0 Å². The van der Waals surface area contributed by atoms with E-state index in [0.717, 1.165) is 15.6 Å². The van der Waals surface area contributed by atoms with Crippen molar-refractivity contribution in [3.8, 4) is 0 Å². The van der Waals surface area contributed by atoms with Crippen molar-refractivity contribution in [3.05, 3.63) is 51.2 Å². The molecule has 100 valence electrons. The van der Waals surface area contributed by atoms with Crippen LogP contribution in [0.5, 0.6) is 0 Å². The first-order valence-corrected chi connectivity index (χ1v) is 7.15. The van der Waals surface area contributed by atoms with Crippen LogP contribution in [-0.4, -0.2) is 13.0 Å². The average molecular weight is 295 g/mol. The number of anilines is 1. The monoisotopic (exact) mass is 294 g/mol. The van der Waals surface area contributed by atoms with Gasteiger partial charge in [0.2, 0.25) is 5.91 Å². The van der Waals surface area contributed by atoms with Gasteiger partial charge in [-0.1, -0.05) is 29.8 Å². The van der Waals surface area contributed by atoms with Gasteiger partial charge in [-0.2, -0.15) is 0 Å². The molecule has 0 saturated carbocycles. The maximum atomic E-state index is 11.5. The standard InChI is InChI=1S/C14H15ClN2OS/c1-16-14(18)8-10-4-2-3-5-12(10)17-9-11-6-7-13(15)19-11/h2-7,17H,8-9H2,1H3,(H,16,18). The van der Waals surface area contributed by atoms with Crippen molar-refractivity contribution in [2.24, 2.45) is 0 Å². The summed E-state index contributed by atoms with van der Waals surface area (Å²) in [4.78, 5) is 12.6. The molecule has 1 aromatic heterocycles. The van der Waals surface area contributed by atoms with Gasteiger partial charge in [0.25, 0.3) is 0 Å². The van der Waals surface area contributed by atoms with Gasteiger partial charge < -0.3 is 10.6 Å². The molecular formula is C14H15ClN2OS. The number of thiophene rings is 1. The van der Waals surface area contributed by atoms with Crippen LogP contribution in [0.25, 0.3) is 0 Å². The van der Waals surface area contributed by atoms with Crippen molar-refractivity contribution < 1.29 is 4.79 Å². The number of hydrogen-bond donors (Lipinski definition) is 2. The van der Waals surface area contributed by atoms with E-state index in [1.165, 1.54) is 4.88 Å². The molecule has 3 nitrogen and oxygen atoms in total. The van der Waals surface area contributed by atoms with Gasteiger partial charge >= 0.3 is 0 Å². The second kappa shape index (κ2) is 6.59. The molecule has 0 radical (unpaired) electrons. The third-order valence-electron chi connectivity index (χ3n) is 2.73. The summed E-state index contributed by atoms with van der Waals surface area (Å²) >= 11 is 7.45. The number of amides is 1. The molecule has 2 N–H and O–H groups in total. The van der Waals surface area contributed by atoms with E-state index in [2.05, 4.69) is 10.6 Å². The Morgan fingerprint density at radius 3 is 2.74 bits per heavy atom. The number of benzene rings is 1. The maximum Gasteiger partial charge on any atom is 0.224 e. The minimum Gasteiger partial charge on any atom is -0.380 e. The van der Waals surface area contributed by atoms with Crippen LogP contribution < -0.4 is 10.6 Å². The topological polar surface area (TPSA) is 41.1 Å². The number of halogens is 1. The maximum absolute atomic E-state index is 11.5. The van der Waals surface area contributed by atoms with Gasteiger partial charge in [-0.05, 0) is 23.8 Å². The number of hydrogen-bond acceptors (Lipinski definition) is 3. The minimum atomic E-state index is 0.00779. The van der Waals surface area contributed by atoms with Crippen molar-refractivity contribution in [1.29, 1.82) is 0 Å². The van der Waals surface area contributed by atoms with E-state index < -0.39 is 0 Å². The molecule has 0 bridgehead atoms. The summed E-state index contributed by atoms with van der Waals surface area (Å²) in [6.45, 7) is 0.710. The second-order valence-electron chi connectivity index (χ2n) is 4.07. The molecule has 2 rings (SSSR count). The Kier molecular flexibility index (Phi) is 4.82. The first kappa shape index (κ1) is 13.9. The largest absolute Gasteiger partial charge is 0.380 e. The van der Waals surface area contributed by atoms with E-state index in [1.807, 2.05) is 36.4 Å². The lowest BCUT2D eigenvalue weighted by Gasteiger charge is -2.10. The van der Waals surface area contributed by atoms with Crippen molar-refractivity contribution in [2.75, 3.05) is 12.4 Å². The molecule has 2 aromatic rings. The van der Waals surface area contributed by atoms with E-state index in [9.17, 15) is 4.79 Å². The van der Waals surface area contributed by atoms with Gasteiger partial charge in [0.05, 0.1) is 10.8 Å². The quantitative estimate of drug-likeness (QED) is 0.888. The number of likely N-dealkylation sites (N-methyl/N-ethyl adjacent to an activating group) is 1. The molecule has 0 aliphatic rings. The number of para-hydroxylation sites is 1. The van der Waals surface area contributed by atoms with Crippen LogP contribution >= 0.6 is 22.9 Å². The van der Waals surface area contributed by atoms with Crippen LogP contribution in [0.1, 0.15) is 10.4 Å². The summed E-state index contributed by atoms with van der Waals surface area (Å²) in [6.07, 6.45) is 0.380. The third kappa shape index (κ3) is 3.98. The normalized spacial score (nSPS) is 10.2. The number of carbonyl (C=O) groups excluding carboxylic acids is 1. The molecule has 0 aliphatic heterocycles. The summed E-state index contributed by atoms with van der Waals surface area (Å²) in [5.74, 6) is 0.00779. The molecule has 0 spiro atoms. The van der Waals surface area contributed by atoms with Crippen LogP contribution in [0.4, 0.5) is 5.69 Å². The second-order valence-corrected chi connectivity index (χ2v) is 5.87. The molecule has 0 saturated heterocycles. The summed E-state index contributed by atoms with van der Waals surface area (Å²) in [7, 11) is 1.64. The predicted molar refractivity (Wildman–Crippen MR) is 80.9 cm³/mol. The molecule has 0 aliphatic carbocycles. The fourth-order valence-corrected chi connectivity index (χ4v) is 2.76. The van der Waals surface area contributed by atoms with E-state index in [1.54, 1.807) is 18.4 Å². The van der Waals surface area contributed by atoms with Gasteiger partial charge in [-0.15, -0.1) is 11.3 Å². The number of rotatable bonds is 5. The highest BCUT2D eigenvalue weighted by molar-refractivity contribution is 7.16. The molecule has 5 heteroatoms. The Bertz CT molecular complexity index is 568. The van der Waals surface area contributed by atoms with Crippen LogP contribution in [0.3, 0.4) is 0 Å². The fraction of sp³-hybridized carbons (Fsp3) is 0.214. The summed E-state index contributed by atoms with van der Waals surface area (Å²) in [5.41, 5.74) is 1.97. The number of carbonyl (C=O) groups is 1. The highest BCUT2D eigenvalue weighted by Gasteiger charge is 2.06. The molecule has 0 unspecified atom stereocenters. The predicted octanol–water partition coefficient (Wildman–Crippen LogP) is 3.30. The van der Waals surface area contributed by atoms with E-state index >= 15 is 0 Å².